The fourth-order valence-electron chi connectivity index (χ4n) is 2.73. The molecule has 1 fully saturated rings. The van der Waals surface area contributed by atoms with Gasteiger partial charge in [0.05, 0.1) is 0 Å². The van der Waals surface area contributed by atoms with E-state index in [0.29, 0.717) is 5.92 Å². The second kappa shape index (κ2) is 6.20. The molecule has 1 aromatic rings. The lowest BCUT2D eigenvalue weighted by molar-refractivity contribution is 0.471. The highest BCUT2D eigenvalue weighted by Gasteiger charge is 2.14. The molecule has 0 radical (unpaired) electrons. The number of nitrogens with one attached hydrogen (secondary N) is 1. The van der Waals surface area contributed by atoms with E-state index in [1.54, 1.807) is 0 Å². The van der Waals surface area contributed by atoms with E-state index in [1.165, 1.54) is 38.1 Å². The van der Waals surface area contributed by atoms with Crippen LogP contribution in [0.3, 0.4) is 0 Å². The molecule has 1 saturated carbocycles. The molecule has 0 amide bonds. The van der Waals surface area contributed by atoms with Crippen LogP contribution in [-0.4, -0.2) is 22.6 Å². The van der Waals surface area contributed by atoms with Crippen LogP contribution in [0.25, 0.3) is 0 Å². The Kier molecular flexibility index (Phi) is 4.60. The summed E-state index contributed by atoms with van der Waals surface area (Å²) in [5.74, 6) is 2.65. The zero-order valence-corrected chi connectivity index (χ0v) is 11.2. The topological polar surface area (TPSA) is 29.9 Å². The lowest BCUT2D eigenvalue weighted by atomic mass is 10.1. The second-order valence-corrected chi connectivity index (χ2v) is 5.49. The van der Waals surface area contributed by atoms with Crippen molar-refractivity contribution in [2.24, 2.45) is 5.92 Å². The molecule has 0 bridgehead atoms. The Morgan fingerprint density at radius 1 is 1.41 bits per heavy atom. The smallest absolute Gasteiger partial charge is 0.111 e. The zero-order chi connectivity index (χ0) is 12.1. The summed E-state index contributed by atoms with van der Waals surface area (Å²) in [6.07, 6.45) is 9.72. The first kappa shape index (κ1) is 12.6. The molecular weight excluding hydrogens is 210 g/mol. The van der Waals surface area contributed by atoms with Crippen LogP contribution in [0.1, 0.15) is 51.3 Å². The number of imidazole rings is 1. The zero-order valence-electron chi connectivity index (χ0n) is 11.2. The molecule has 0 saturated heterocycles. The maximum absolute atomic E-state index is 4.41. The SMILES string of the molecule is CC(C)c1nccn1CCNCC1CCCC1. The van der Waals surface area contributed by atoms with Gasteiger partial charge in [-0.05, 0) is 25.3 Å². The van der Waals surface area contributed by atoms with Crippen molar-refractivity contribution in [3.63, 3.8) is 0 Å². The average molecular weight is 235 g/mol. The third kappa shape index (κ3) is 3.56. The maximum Gasteiger partial charge on any atom is 0.111 e. The third-order valence-corrected chi connectivity index (χ3v) is 3.70. The molecule has 0 atom stereocenters. The van der Waals surface area contributed by atoms with Gasteiger partial charge in [0.15, 0.2) is 0 Å². The molecule has 1 aliphatic carbocycles. The summed E-state index contributed by atoms with van der Waals surface area (Å²) in [5, 5.41) is 3.58. The quantitative estimate of drug-likeness (QED) is 0.768. The molecule has 1 N–H and O–H groups in total. The Labute approximate surface area is 105 Å². The number of nitrogens with zero attached hydrogens (tertiary/aromatic N) is 2. The minimum absolute atomic E-state index is 0.514. The van der Waals surface area contributed by atoms with E-state index in [1.807, 2.05) is 6.20 Å². The van der Waals surface area contributed by atoms with E-state index in [9.17, 15) is 0 Å². The van der Waals surface area contributed by atoms with Crippen molar-refractivity contribution in [2.75, 3.05) is 13.1 Å². The summed E-state index contributed by atoms with van der Waals surface area (Å²) in [4.78, 5) is 4.41. The standard InChI is InChI=1S/C14H25N3/c1-12(2)14-16-8-10-17(14)9-7-15-11-13-5-3-4-6-13/h8,10,12-13,15H,3-7,9,11H2,1-2H3. The molecule has 1 aromatic heterocycles. The van der Waals surface area contributed by atoms with Gasteiger partial charge in [-0.3, -0.25) is 0 Å². The highest BCUT2D eigenvalue weighted by molar-refractivity contribution is 4.97. The highest BCUT2D eigenvalue weighted by Crippen LogP contribution is 2.23. The molecule has 17 heavy (non-hydrogen) atoms. The van der Waals surface area contributed by atoms with Gasteiger partial charge in [0.1, 0.15) is 5.82 Å². The van der Waals surface area contributed by atoms with Gasteiger partial charge in [-0.1, -0.05) is 26.7 Å². The molecule has 1 aliphatic rings. The van der Waals surface area contributed by atoms with E-state index < -0.39 is 0 Å². The first-order chi connectivity index (χ1) is 8.27. The molecule has 3 nitrogen and oxygen atoms in total. The predicted octanol–water partition coefficient (Wildman–Crippen LogP) is 2.79. The van der Waals surface area contributed by atoms with Gasteiger partial charge >= 0.3 is 0 Å². The number of hydrogen-bond donors (Lipinski definition) is 1. The Morgan fingerprint density at radius 3 is 2.88 bits per heavy atom. The molecule has 96 valence electrons. The number of rotatable bonds is 6. The van der Waals surface area contributed by atoms with Gasteiger partial charge in [0.25, 0.3) is 0 Å². The molecule has 0 aromatic carbocycles. The van der Waals surface area contributed by atoms with Crippen molar-refractivity contribution in [3.05, 3.63) is 18.2 Å². The van der Waals surface area contributed by atoms with Gasteiger partial charge in [-0.25, -0.2) is 4.98 Å². The predicted molar refractivity (Wildman–Crippen MR) is 71.1 cm³/mol. The minimum Gasteiger partial charge on any atom is -0.333 e. The average Bonchev–Trinajstić information content (AvgIpc) is 2.95. The van der Waals surface area contributed by atoms with Crippen molar-refractivity contribution in [1.82, 2.24) is 14.9 Å². The van der Waals surface area contributed by atoms with E-state index >= 15 is 0 Å². The van der Waals surface area contributed by atoms with Crippen molar-refractivity contribution in [1.29, 1.82) is 0 Å². The van der Waals surface area contributed by atoms with Crippen molar-refractivity contribution < 1.29 is 0 Å². The number of hydrogen-bond acceptors (Lipinski definition) is 2. The molecule has 0 spiro atoms. The third-order valence-electron chi connectivity index (χ3n) is 3.70. The maximum atomic E-state index is 4.41. The lowest BCUT2D eigenvalue weighted by Gasteiger charge is -2.13. The van der Waals surface area contributed by atoms with Crippen LogP contribution >= 0.6 is 0 Å². The van der Waals surface area contributed by atoms with E-state index in [-0.39, 0.29) is 0 Å². The number of aromatic nitrogens is 2. The van der Waals surface area contributed by atoms with Crippen LogP contribution < -0.4 is 5.32 Å². The van der Waals surface area contributed by atoms with Crippen LogP contribution in [0.4, 0.5) is 0 Å². The summed E-state index contributed by atoms with van der Waals surface area (Å²) in [5.41, 5.74) is 0. The normalized spacial score (nSPS) is 17.1. The summed E-state index contributed by atoms with van der Waals surface area (Å²) in [7, 11) is 0. The van der Waals surface area contributed by atoms with Crippen molar-refractivity contribution in [2.45, 2.75) is 52.0 Å². The van der Waals surface area contributed by atoms with Crippen LogP contribution in [0.5, 0.6) is 0 Å². The summed E-state index contributed by atoms with van der Waals surface area (Å²) in [6, 6.07) is 0. The fourth-order valence-corrected chi connectivity index (χ4v) is 2.73. The van der Waals surface area contributed by atoms with E-state index in [0.717, 1.165) is 19.0 Å². The molecule has 3 heteroatoms. The summed E-state index contributed by atoms with van der Waals surface area (Å²) < 4.78 is 2.27. The van der Waals surface area contributed by atoms with Crippen LogP contribution in [0.2, 0.25) is 0 Å². The first-order valence-corrected chi connectivity index (χ1v) is 6.99. The van der Waals surface area contributed by atoms with Gasteiger partial charge in [-0.2, -0.15) is 0 Å². The summed E-state index contributed by atoms with van der Waals surface area (Å²) in [6.45, 7) is 7.70. The molecule has 2 rings (SSSR count). The van der Waals surface area contributed by atoms with Crippen LogP contribution in [-0.2, 0) is 6.54 Å². The van der Waals surface area contributed by atoms with Gasteiger partial charge in [-0.15, -0.1) is 0 Å². The van der Waals surface area contributed by atoms with E-state index in [4.69, 9.17) is 0 Å². The second-order valence-electron chi connectivity index (χ2n) is 5.49. The Morgan fingerprint density at radius 2 is 2.18 bits per heavy atom. The Hall–Kier alpha value is -0.830. The van der Waals surface area contributed by atoms with Gasteiger partial charge in [0.2, 0.25) is 0 Å². The minimum atomic E-state index is 0.514. The largest absolute Gasteiger partial charge is 0.333 e. The molecule has 1 heterocycles. The first-order valence-electron chi connectivity index (χ1n) is 6.99. The molecule has 0 unspecified atom stereocenters. The Balaban J connectivity index is 1.68. The Bertz CT molecular complexity index is 324. The molecular formula is C14H25N3. The molecule has 0 aliphatic heterocycles. The fraction of sp³-hybridized carbons (Fsp3) is 0.786. The van der Waals surface area contributed by atoms with Crippen molar-refractivity contribution in [3.8, 4) is 0 Å². The van der Waals surface area contributed by atoms with Crippen LogP contribution in [0, 0.1) is 5.92 Å². The van der Waals surface area contributed by atoms with Gasteiger partial charge < -0.3 is 9.88 Å². The van der Waals surface area contributed by atoms with Crippen LogP contribution in [0.15, 0.2) is 12.4 Å². The van der Waals surface area contributed by atoms with E-state index in [2.05, 4.69) is 34.9 Å². The highest BCUT2D eigenvalue weighted by atomic mass is 15.1. The lowest BCUT2D eigenvalue weighted by Crippen LogP contribution is -2.25. The van der Waals surface area contributed by atoms with Gasteiger partial charge in [0, 0.05) is 31.4 Å². The monoisotopic (exact) mass is 235 g/mol. The van der Waals surface area contributed by atoms with Crippen molar-refractivity contribution >= 4 is 0 Å². The summed E-state index contributed by atoms with van der Waals surface area (Å²) >= 11 is 0.